The van der Waals surface area contributed by atoms with Crippen LogP contribution in [0.5, 0.6) is 5.75 Å². The first-order valence-corrected chi connectivity index (χ1v) is 7.05. The SMILES string of the molecule is CCCOc1cncc(C(C)(N)c2cccc(Cl)c2)c1. The maximum atomic E-state index is 6.47. The van der Waals surface area contributed by atoms with E-state index in [4.69, 9.17) is 22.1 Å². The van der Waals surface area contributed by atoms with E-state index in [9.17, 15) is 0 Å². The van der Waals surface area contributed by atoms with Gasteiger partial charge in [-0.1, -0.05) is 30.7 Å². The molecule has 2 N–H and O–H groups in total. The molecule has 0 radical (unpaired) electrons. The second-order valence-electron chi connectivity index (χ2n) is 4.97. The van der Waals surface area contributed by atoms with Crippen molar-refractivity contribution in [3.8, 4) is 5.75 Å². The fourth-order valence-electron chi connectivity index (χ4n) is 1.98. The Bertz CT molecular complexity index is 584. The van der Waals surface area contributed by atoms with Gasteiger partial charge in [-0.05, 0) is 42.7 Å². The summed E-state index contributed by atoms with van der Waals surface area (Å²) in [5.41, 5.74) is 7.65. The van der Waals surface area contributed by atoms with Gasteiger partial charge in [0.25, 0.3) is 0 Å². The molecule has 1 aromatic heterocycles. The molecule has 1 atom stereocenters. The van der Waals surface area contributed by atoms with Crippen LogP contribution < -0.4 is 10.5 Å². The smallest absolute Gasteiger partial charge is 0.137 e. The molecule has 1 aromatic carbocycles. The number of nitrogens with two attached hydrogens (primary N) is 1. The van der Waals surface area contributed by atoms with Crippen LogP contribution in [0.1, 0.15) is 31.4 Å². The van der Waals surface area contributed by atoms with Crippen molar-refractivity contribution in [3.05, 3.63) is 58.9 Å². The Hall–Kier alpha value is -1.58. The summed E-state index contributed by atoms with van der Waals surface area (Å²) in [5, 5.41) is 0.672. The Morgan fingerprint density at radius 2 is 2.05 bits per heavy atom. The van der Waals surface area contributed by atoms with E-state index in [1.165, 1.54) is 0 Å². The topological polar surface area (TPSA) is 48.1 Å². The standard InChI is InChI=1S/C16H19ClN2O/c1-3-7-20-15-9-13(10-19-11-15)16(2,18)12-5-4-6-14(17)8-12/h4-6,8-11H,3,7,18H2,1-2H3. The molecule has 1 heterocycles. The molecule has 0 spiro atoms. The van der Waals surface area contributed by atoms with Crippen LogP contribution in [0.2, 0.25) is 5.02 Å². The summed E-state index contributed by atoms with van der Waals surface area (Å²) < 4.78 is 5.61. The molecular formula is C16H19ClN2O. The summed E-state index contributed by atoms with van der Waals surface area (Å²) in [6.07, 6.45) is 4.42. The van der Waals surface area contributed by atoms with Crippen LogP contribution in [0, 0.1) is 0 Å². The zero-order valence-corrected chi connectivity index (χ0v) is 12.5. The quantitative estimate of drug-likeness (QED) is 0.912. The second kappa shape index (κ2) is 6.25. The van der Waals surface area contributed by atoms with Gasteiger partial charge in [-0.2, -0.15) is 0 Å². The molecule has 2 aromatic rings. The van der Waals surface area contributed by atoms with Crippen molar-refractivity contribution < 1.29 is 4.74 Å². The van der Waals surface area contributed by atoms with Crippen LogP contribution >= 0.6 is 11.6 Å². The highest BCUT2D eigenvalue weighted by molar-refractivity contribution is 6.30. The molecule has 3 nitrogen and oxygen atoms in total. The van der Waals surface area contributed by atoms with Crippen molar-refractivity contribution in [1.82, 2.24) is 4.98 Å². The maximum absolute atomic E-state index is 6.47. The summed E-state index contributed by atoms with van der Waals surface area (Å²) in [5.74, 6) is 0.739. The fraction of sp³-hybridized carbons (Fsp3) is 0.312. The van der Waals surface area contributed by atoms with Gasteiger partial charge in [-0.3, -0.25) is 4.98 Å². The molecular weight excluding hydrogens is 272 g/mol. The van der Waals surface area contributed by atoms with E-state index in [2.05, 4.69) is 11.9 Å². The second-order valence-corrected chi connectivity index (χ2v) is 5.41. The van der Waals surface area contributed by atoms with Gasteiger partial charge in [0.1, 0.15) is 5.75 Å². The van der Waals surface area contributed by atoms with Gasteiger partial charge in [0.05, 0.1) is 18.3 Å². The van der Waals surface area contributed by atoms with Crippen molar-refractivity contribution in [2.75, 3.05) is 6.61 Å². The number of halogens is 1. The third kappa shape index (κ3) is 3.30. The first-order valence-electron chi connectivity index (χ1n) is 6.67. The van der Waals surface area contributed by atoms with Gasteiger partial charge in [0.15, 0.2) is 0 Å². The molecule has 4 heteroatoms. The minimum atomic E-state index is -0.663. The Morgan fingerprint density at radius 3 is 2.75 bits per heavy atom. The van der Waals surface area contributed by atoms with Crippen LogP contribution in [-0.4, -0.2) is 11.6 Å². The minimum absolute atomic E-state index is 0.663. The van der Waals surface area contributed by atoms with Crippen molar-refractivity contribution in [2.45, 2.75) is 25.8 Å². The van der Waals surface area contributed by atoms with Gasteiger partial charge < -0.3 is 10.5 Å². The number of benzene rings is 1. The molecule has 2 rings (SSSR count). The molecule has 20 heavy (non-hydrogen) atoms. The van der Waals surface area contributed by atoms with E-state index in [0.29, 0.717) is 11.6 Å². The molecule has 0 aliphatic heterocycles. The van der Waals surface area contributed by atoms with Crippen LogP contribution in [0.25, 0.3) is 0 Å². The summed E-state index contributed by atoms with van der Waals surface area (Å²) in [6.45, 7) is 4.68. The normalized spacial score (nSPS) is 13.8. The van der Waals surface area contributed by atoms with Crippen molar-refractivity contribution in [2.24, 2.45) is 5.73 Å². The number of nitrogens with zero attached hydrogens (tertiary/aromatic N) is 1. The molecule has 0 amide bonds. The molecule has 1 unspecified atom stereocenters. The summed E-state index contributed by atoms with van der Waals surface area (Å²) in [4.78, 5) is 4.21. The number of hydrogen-bond acceptors (Lipinski definition) is 3. The van der Waals surface area contributed by atoms with Gasteiger partial charge in [0, 0.05) is 11.2 Å². The number of ether oxygens (including phenoxy) is 1. The third-order valence-corrected chi connectivity index (χ3v) is 3.45. The van der Waals surface area contributed by atoms with E-state index >= 15 is 0 Å². The summed E-state index contributed by atoms with van der Waals surface area (Å²) in [6, 6.07) is 9.50. The molecule has 106 valence electrons. The lowest BCUT2D eigenvalue weighted by molar-refractivity contribution is 0.315. The number of hydrogen-bond donors (Lipinski definition) is 1. The van der Waals surface area contributed by atoms with Crippen LogP contribution in [-0.2, 0) is 5.54 Å². The zero-order valence-electron chi connectivity index (χ0n) is 11.8. The highest BCUT2D eigenvalue weighted by atomic mass is 35.5. The van der Waals surface area contributed by atoms with E-state index in [-0.39, 0.29) is 0 Å². The van der Waals surface area contributed by atoms with E-state index in [1.807, 2.05) is 37.3 Å². The largest absolute Gasteiger partial charge is 0.492 e. The first kappa shape index (κ1) is 14.8. The summed E-state index contributed by atoms with van der Waals surface area (Å²) >= 11 is 6.04. The first-order chi connectivity index (χ1) is 9.54. The number of aromatic nitrogens is 1. The molecule has 0 saturated heterocycles. The van der Waals surface area contributed by atoms with Crippen molar-refractivity contribution in [3.63, 3.8) is 0 Å². The lowest BCUT2D eigenvalue weighted by Gasteiger charge is -2.26. The van der Waals surface area contributed by atoms with Gasteiger partial charge in [-0.15, -0.1) is 0 Å². The van der Waals surface area contributed by atoms with E-state index < -0.39 is 5.54 Å². The van der Waals surface area contributed by atoms with Gasteiger partial charge in [0.2, 0.25) is 0 Å². The number of rotatable bonds is 5. The average molecular weight is 291 g/mol. The molecule has 0 fully saturated rings. The molecule has 0 aliphatic carbocycles. The lowest BCUT2D eigenvalue weighted by Crippen LogP contribution is -2.34. The van der Waals surface area contributed by atoms with E-state index in [0.717, 1.165) is 23.3 Å². The summed E-state index contributed by atoms with van der Waals surface area (Å²) in [7, 11) is 0. The maximum Gasteiger partial charge on any atom is 0.137 e. The van der Waals surface area contributed by atoms with Crippen molar-refractivity contribution in [1.29, 1.82) is 0 Å². The van der Waals surface area contributed by atoms with Crippen LogP contribution in [0.15, 0.2) is 42.7 Å². The highest BCUT2D eigenvalue weighted by Gasteiger charge is 2.24. The average Bonchev–Trinajstić information content (AvgIpc) is 2.45. The monoisotopic (exact) mass is 290 g/mol. The third-order valence-electron chi connectivity index (χ3n) is 3.21. The Morgan fingerprint density at radius 1 is 1.25 bits per heavy atom. The molecule has 0 bridgehead atoms. The zero-order chi connectivity index (χ0) is 14.6. The predicted molar refractivity (Wildman–Crippen MR) is 82.1 cm³/mol. The Kier molecular flexibility index (Phi) is 4.63. The van der Waals surface area contributed by atoms with Crippen LogP contribution in [0.4, 0.5) is 0 Å². The fourth-order valence-corrected chi connectivity index (χ4v) is 2.17. The molecule has 0 saturated carbocycles. The number of pyridine rings is 1. The minimum Gasteiger partial charge on any atom is -0.492 e. The lowest BCUT2D eigenvalue weighted by atomic mass is 9.86. The van der Waals surface area contributed by atoms with Crippen LogP contribution in [0.3, 0.4) is 0 Å². The Balaban J connectivity index is 2.33. The highest BCUT2D eigenvalue weighted by Crippen LogP contribution is 2.29. The Labute approximate surface area is 124 Å². The molecule has 0 aliphatic rings. The van der Waals surface area contributed by atoms with Gasteiger partial charge >= 0.3 is 0 Å². The van der Waals surface area contributed by atoms with Gasteiger partial charge in [-0.25, -0.2) is 0 Å². The van der Waals surface area contributed by atoms with E-state index in [1.54, 1.807) is 12.4 Å². The predicted octanol–water partition coefficient (Wildman–Crippen LogP) is 3.75. The van der Waals surface area contributed by atoms with Crippen molar-refractivity contribution >= 4 is 11.6 Å².